The number of nitrogens with zero attached hydrogens (tertiary/aromatic N) is 1. The molecule has 0 saturated heterocycles. The number of ether oxygens (including phenoxy) is 2. The highest BCUT2D eigenvalue weighted by atomic mass is 79.9. The van der Waals surface area contributed by atoms with Gasteiger partial charge in [-0.3, -0.25) is 9.78 Å². The second-order valence-electron chi connectivity index (χ2n) is 3.57. The summed E-state index contributed by atoms with van der Waals surface area (Å²) in [5.41, 5.74) is 0.407. The molecule has 1 N–H and O–H groups in total. The number of pyridine rings is 1. The van der Waals surface area contributed by atoms with Crippen LogP contribution in [0.2, 0.25) is 0 Å². The quantitative estimate of drug-likeness (QED) is 0.740. The highest BCUT2D eigenvalue weighted by Gasteiger charge is 2.06. The first-order chi connectivity index (χ1) is 8.74. The van der Waals surface area contributed by atoms with Gasteiger partial charge in [0.05, 0.1) is 13.2 Å². The predicted octanol–water partition coefficient (Wildman–Crippen LogP) is 1.63. The summed E-state index contributed by atoms with van der Waals surface area (Å²) in [6, 6.07) is 3.46. The van der Waals surface area contributed by atoms with Crippen LogP contribution in [0.1, 0.15) is 16.9 Å². The number of methoxy groups -OCH3 is 1. The van der Waals surface area contributed by atoms with Crippen molar-refractivity contribution in [3.8, 4) is 0 Å². The van der Waals surface area contributed by atoms with Gasteiger partial charge in [0, 0.05) is 30.9 Å². The largest absolute Gasteiger partial charge is 0.382 e. The van der Waals surface area contributed by atoms with Crippen molar-refractivity contribution in [2.75, 3.05) is 33.5 Å². The first-order valence-electron chi connectivity index (χ1n) is 5.70. The monoisotopic (exact) mass is 316 g/mol. The molecule has 0 fully saturated rings. The van der Waals surface area contributed by atoms with Crippen LogP contribution < -0.4 is 5.32 Å². The Balaban J connectivity index is 2.14. The van der Waals surface area contributed by atoms with Gasteiger partial charge >= 0.3 is 0 Å². The summed E-state index contributed by atoms with van der Waals surface area (Å²) in [6.45, 7) is 2.35. The summed E-state index contributed by atoms with van der Waals surface area (Å²) in [7, 11) is 1.63. The van der Waals surface area contributed by atoms with E-state index in [0.717, 1.165) is 10.9 Å². The Kier molecular flexibility index (Phi) is 7.55. The number of carbonyl (C=O) groups is 1. The minimum Gasteiger partial charge on any atom is -0.382 e. The third-order valence-corrected chi connectivity index (χ3v) is 2.63. The second kappa shape index (κ2) is 9.02. The summed E-state index contributed by atoms with van der Waals surface area (Å²) in [6.07, 6.45) is 2.36. The molecule has 0 aromatic carbocycles. The van der Waals surface area contributed by atoms with E-state index in [4.69, 9.17) is 9.47 Å². The van der Waals surface area contributed by atoms with Crippen LogP contribution in [0.15, 0.2) is 22.8 Å². The molecule has 1 amide bonds. The highest BCUT2D eigenvalue weighted by Crippen LogP contribution is 2.08. The maximum Gasteiger partial charge on any atom is 0.269 e. The average molecular weight is 317 g/mol. The summed E-state index contributed by atoms with van der Waals surface area (Å²) in [5, 5.41) is 2.78. The molecule has 0 saturated carbocycles. The molecule has 0 aliphatic carbocycles. The van der Waals surface area contributed by atoms with E-state index in [2.05, 4.69) is 26.2 Å². The topological polar surface area (TPSA) is 60.5 Å². The van der Waals surface area contributed by atoms with Gasteiger partial charge in [0.15, 0.2) is 0 Å². The van der Waals surface area contributed by atoms with Gasteiger partial charge in [-0.1, -0.05) is 15.9 Å². The van der Waals surface area contributed by atoms with Crippen LogP contribution in [0.5, 0.6) is 0 Å². The number of carbonyl (C=O) groups excluding carboxylic acids is 1. The fraction of sp³-hybridized carbons (Fsp3) is 0.500. The van der Waals surface area contributed by atoms with E-state index in [9.17, 15) is 4.79 Å². The summed E-state index contributed by atoms with van der Waals surface area (Å²) in [5.74, 6) is -0.173. The van der Waals surface area contributed by atoms with E-state index < -0.39 is 0 Å². The van der Waals surface area contributed by atoms with E-state index in [1.165, 1.54) is 0 Å². The molecule has 1 heterocycles. The van der Waals surface area contributed by atoms with Crippen LogP contribution in [-0.2, 0) is 9.47 Å². The van der Waals surface area contributed by atoms with Crippen LogP contribution in [0.3, 0.4) is 0 Å². The molecule has 1 rings (SSSR count). The van der Waals surface area contributed by atoms with Crippen LogP contribution in [0.4, 0.5) is 0 Å². The maximum absolute atomic E-state index is 11.7. The molecule has 6 heteroatoms. The standard InChI is InChI=1S/C12H17BrN2O3/c1-17-7-8-18-6-2-4-15-12(16)11-9-10(13)3-5-14-11/h3,5,9H,2,4,6-8H2,1H3,(H,15,16). The van der Waals surface area contributed by atoms with E-state index >= 15 is 0 Å². The number of rotatable bonds is 8. The number of aromatic nitrogens is 1. The number of amides is 1. The minimum atomic E-state index is -0.173. The van der Waals surface area contributed by atoms with Gasteiger partial charge < -0.3 is 14.8 Å². The number of halogens is 1. The molecule has 0 unspecified atom stereocenters. The van der Waals surface area contributed by atoms with Crippen LogP contribution >= 0.6 is 15.9 Å². The Labute approximate surface area is 115 Å². The number of nitrogens with one attached hydrogen (secondary N) is 1. The smallest absolute Gasteiger partial charge is 0.269 e. The molecule has 100 valence electrons. The zero-order chi connectivity index (χ0) is 13.2. The Hall–Kier alpha value is -0.980. The van der Waals surface area contributed by atoms with Gasteiger partial charge in [0.2, 0.25) is 0 Å². The molecule has 1 aromatic heterocycles. The third-order valence-electron chi connectivity index (χ3n) is 2.14. The van der Waals surface area contributed by atoms with Crippen molar-refractivity contribution in [2.45, 2.75) is 6.42 Å². The molecule has 0 aliphatic heterocycles. The van der Waals surface area contributed by atoms with Crippen LogP contribution in [0.25, 0.3) is 0 Å². The van der Waals surface area contributed by atoms with Crippen molar-refractivity contribution in [2.24, 2.45) is 0 Å². The molecule has 0 bridgehead atoms. The zero-order valence-corrected chi connectivity index (χ0v) is 11.9. The third kappa shape index (κ3) is 6.09. The van der Waals surface area contributed by atoms with Crippen molar-refractivity contribution < 1.29 is 14.3 Å². The van der Waals surface area contributed by atoms with Crippen LogP contribution in [-0.4, -0.2) is 44.4 Å². The van der Waals surface area contributed by atoms with Gasteiger partial charge in [-0.15, -0.1) is 0 Å². The molecular formula is C12H17BrN2O3. The van der Waals surface area contributed by atoms with Gasteiger partial charge in [0.1, 0.15) is 5.69 Å². The van der Waals surface area contributed by atoms with E-state index in [1.807, 2.05) is 0 Å². The molecule has 0 atom stereocenters. The Bertz CT molecular complexity index is 374. The Morgan fingerprint density at radius 3 is 3.00 bits per heavy atom. The van der Waals surface area contributed by atoms with Gasteiger partial charge in [0.25, 0.3) is 5.91 Å². The molecule has 0 spiro atoms. The predicted molar refractivity (Wildman–Crippen MR) is 71.6 cm³/mol. The minimum absolute atomic E-state index is 0.173. The Morgan fingerprint density at radius 2 is 2.28 bits per heavy atom. The Morgan fingerprint density at radius 1 is 1.44 bits per heavy atom. The lowest BCUT2D eigenvalue weighted by atomic mass is 10.3. The maximum atomic E-state index is 11.7. The molecule has 0 aliphatic rings. The van der Waals surface area contributed by atoms with Gasteiger partial charge in [-0.25, -0.2) is 0 Å². The van der Waals surface area contributed by atoms with Crippen LogP contribution in [0, 0.1) is 0 Å². The number of hydrogen-bond acceptors (Lipinski definition) is 4. The zero-order valence-electron chi connectivity index (χ0n) is 10.3. The molecule has 5 nitrogen and oxygen atoms in total. The molecule has 1 aromatic rings. The normalized spacial score (nSPS) is 10.3. The van der Waals surface area contributed by atoms with Crippen molar-refractivity contribution in [1.29, 1.82) is 0 Å². The highest BCUT2D eigenvalue weighted by molar-refractivity contribution is 9.10. The van der Waals surface area contributed by atoms with Crippen molar-refractivity contribution in [3.05, 3.63) is 28.5 Å². The lowest BCUT2D eigenvalue weighted by Gasteiger charge is -2.05. The van der Waals surface area contributed by atoms with Gasteiger partial charge in [-0.2, -0.15) is 0 Å². The summed E-state index contributed by atoms with van der Waals surface area (Å²) in [4.78, 5) is 15.7. The lowest BCUT2D eigenvalue weighted by molar-refractivity contribution is 0.0688. The lowest BCUT2D eigenvalue weighted by Crippen LogP contribution is -2.26. The second-order valence-corrected chi connectivity index (χ2v) is 4.49. The van der Waals surface area contributed by atoms with E-state index in [1.54, 1.807) is 25.4 Å². The fourth-order valence-electron chi connectivity index (χ4n) is 1.24. The summed E-state index contributed by atoms with van der Waals surface area (Å²) < 4.78 is 11.0. The molecule has 0 radical (unpaired) electrons. The van der Waals surface area contributed by atoms with Crippen molar-refractivity contribution >= 4 is 21.8 Å². The average Bonchev–Trinajstić information content (AvgIpc) is 2.37. The summed E-state index contributed by atoms with van der Waals surface area (Å²) >= 11 is 3.30. The van der Waals surface area contributed by atoms with Gasteiger partial charge in [-0.05, 0) is 18.6 Å². The molecule has 18 heavy (non-hydrogen) atoms. The first-order valence-corrected chi connectivity index (χ1v) is 6.50. The SMILES string of the molecule is COCCOCCCNC(=O)c1cc(Br)ccn1. The van der Waals surface area contributed by atoms with E-state index in [-0.39, 0.29) is 5.91 Å². The molecular weight excluding hydrogens is 300 g/mol. The van der Waals surface area contributed by atoms with Crippen molar-refractivity contribution in [1.82, 2.24) is 10.3 Å². The van der Waals surface area contributed by atoms with E-state index in [0.29, 0.717) is 32.1 Å². The fourth-order valence-corrected chi connectivity index (χ4v) is 1.58. The first kappa shape index (κ1) is 15.1. The number of hydrogen-bond donors (Lipinski definition) is 1. The van der Waals surface area contributed by atoms with Crippen molar-refractivity contribution in [3.63, 3.8) is 0 Å².